The van der Waals surface area contributed by atoms with Crippen molar-refractivity contribution < 1.29 is 22.7 Å². The van der Waals surface area contributed by atoms with Crippen LogP contribution in [0.1, 0.15) is 0 Å². The van der Waals surface area contributed by atoms with Crippen LogP contribution in [0.5, 0.6) is 5.75 Å². The van der Waals surface area contributed by atoms with E-state index in [1.165, 1.54) is 12.1 Å². The van der Waals surface area contributed by atoms with Gasteiger partial charge in [-0.3, -0.25) is 10.9 Å². The molecule has 0 saturated carbocycles. The highest BCUT2D eigenvalue weighted by Gasteiger charge is 2.31. The minimum atomic E-state index is -4.75. The number of amides is 2. The maximum Gasteiger partial charge on any atom is 0.573 e. The first-order valence-corrected chi connectivity index (χ1v) is 4.04. The molecule has 5 nitrogen and oxygen atoms in total. The van der Waals surface area contributed by atoms with E-state index in [0.29, 0.717) is 0 Å². The molecule has 0 aliphatic heterocycles. The van der Waals surface area contributed by atoms with Crippen LogP contribution >= 0.6 is 0 Å². The molecular formula is C8H8F3N3O2. The van der Waals surface area contributed by atoms with Crippen molar-refractivity contribution in [2.45, 2.75) is 6.36 Å². The first-order valence-electron chi connectivity index (χ1n) is 4.04. The number of alkyl halides is 3. The predicted octanol–water partition coefficient (Wildman–Crippen LogP) is 1.58. The summed E-state index contributed by atoms with van der Waals surface area (Å²) < 4.78 is 39.2. The van der Waals surface area contributed by atoms with Crippen molar-refractivity contribution in [3.8, 4) is 5.75 Å². The van der Waals surface area contributed by atoms with Crippen LogP contribution in [0.4, 0.5) is 23.7 Å². The Morgan fingerprint density at radius 3 is 2.62 bits per heavy atom. The lowest BCUT2D eigenvalue weighted by molar-refractivity contribution is -0.274. The third-order valence-electron chi connectivity index (χ3n) is 1.40. The van der Waals surface area contributed by atoms with Crippen molar-refractivity contribution in [1.29, 1.82) is 0 Å². The largest absolute Gasteiger partial charge is 0.573 e. The van der Waals surface area contributed by atoms with Gasteiger partial charge in [-0.1, -0.05) is 6.07 Å². The summed E-state index contributed by atoms with van der Waals surface area (Å²) >= 11 is 0. The van der Waals surface area contributed by atoms with Crippen LogP contribution in [-0.2, 0) is 0 Å². The fraction of sp³-hybridized carbons (Fsp3) is 0.125. The van der Waals surface area contributed by atoms with Crippen molar-refractivity contribution in [3.63, 3.8) is 0 Å². The summed E-state index contributed by atoms with van der Waals surface area (Å²) in [4.78, 5) is 10.3. The van der Waals surface area contributed by atoms with E-state index in [-0.39, 0.29) is 5.69 Å². The van der Waals surface area contributed by atoms with E-state index in [1.54, 1.807) is 0 Å². The van der Waals surface area contributed by atoms with Crippen LogP contribution < -0.4 is 21.3 Å². The summed E-state index contributed by atoms with van der Waals surface area (Å²) in [6.07, 6.45) is -4.75. The molecule has 0 saturated heterocycles. The zero-order valence-electron chi connectivity index (χ0n) is 7.84. The molecule has 1 rings (SSSR count). The number of urea groups is 1. The summed E-state index contributed by atoms with van der Waals surface area (Å²) in [5, 5.41) is 0. The van der Waals surface area contributed by atoms with E-state index >= 15 is 0 Å². The third-order valence-corrected chi connectivity index (χ3v) is 1.40. The highest BCUT2D eigenvalue weighted by atomic mass is 19.4. The van der Waals surface area contributed by atoms with E-state index in [1.807, 2.05) is 5.43 Å². The Hall–Kier alpha value is -2.12. The highest BCUT2D eigenvalue weighted by Crippen LogP contribution is 2.24. The topological polar surface area (TPSA) is 76.4 Å². The molecule has 0 radical (unpaired) electrons. The maximum absolute atomic E-state index is 11.9. The van der Waals surface area contributed by atoms with Crippen LogP contribution in [0.15, 0.2) is 24.3 Å². The zero-order valence-corrected chi connectivity index (χ0v) is 7.84. The van der Waals surface area contributed by atoms with Crippen LogP contribution in [0.2, 0.25) is 0 Å². The Kier molecular flexibility index (Phi) is 3.44. The predicted molar refractivity (Wildman–Crippen MR) is 49.5 cm³/mol. The van der Waals surface area contributed by atoms with E-state index < -0.39 is 18.1 Å². The van der Waals surface area contributed by atoms with Gasteiger partial charge in [0.2, 0.25) is 0 Å². The molecule has 0 aliphatic rings. The van der Waals surface area contributed by atoms with Gasteiger partial charge in [0.15, 0.2) is 0 Å². The van der Waals surface area contributed by atoms with Crippen molar-refractivity contribution in [2.24, 2.45) is 5.73 Å². The first-order chi connectivity index (χ1) is 7.37. The van der Waals surface area contributed by atoms with Crippen LogP contribution in [0.25, 0.3) is 0 Å². The molecule has 0 unspecified atom stereocenters. The zero-order chi connectivity index (χ0) is 12.2. The fourth-order valence-corrected chi connectivity index (χ4v) is 0.905. The molecule has 0 fully saturated rings. The second-order valence-electron chi connectivity index (χ2n) is 2.69. The van der Waals surface area contributed by atoms with Gasteiger partial charge in [0.25, 0.3) is 0 Å². The number of rotatable bonds is 3. The molecule has 0 spiro atoms. The molecular weight excluding hydrogens is 227 g/mol. The van der Waals surface area contributed by atoms with Crippen molar-refractivity contribution in [2.75, 3.05) is 5.43 Å². The second kappa shape index (κ2) is 4.60. The Morgan fingerprint density at radius 2 is 2.06 bits per heavy atom. The van der Waals surface area contributed by atoms with E-state index in [9.17, 15) is 18.0 Å². The molecule has 0 bridgehead atoms. The number of halogens is 3. The Bertz CT molecular complexity index is 381. The van der Waals surface area contributed by atoms with Gasteiger partial charge in [0.1, 0.15) is 5.75 Å². The number of carbonyl (C=O) groups is 1. The number of nitrogens with one attached hydrogen (secondary N) is 2. The monoisotopic (exact) mass is 235 g/mol. The van der Waals surface area contributed by atoms with Gasteiger partial charge in [-0.15, -0.1) is 13.2 Å². The van der Waals surface area contributed by atoms with Gasteiger partial charge in [0, 0.05) is 6.07 Å². The molecule has 0 heterocycles. The van der Waals surface area contributed by atoms with Gasteiger partial charge < -0.3 is 10.5 Å². The average Bonchev–Trinajstić information content (AvgIpc) is 2.12. The molecule has 1 aromatic rings. The van der Waals surface area contributed by atoms with Crippen molar-refractivity contribution >= 4 is 11.7 Å². The molecule has 8 heteroatoms. The number of benzene rings is 1. The summed E-state index contributed by atoms with van der Waals surface area (Å²) in [7, 11) is 0. The summed E-state index contributed by atoms with van der Waals surface area (Å²) in [5.41, 5.74) is 9.27. The Balaban J connectivity index is 2.67. The average molecular weight is 235 g/mol. The number of nitrogens with two attached hydrogens (primary N) is 1. The lowest BCUT2D eigenvalue weighted by atomic mass is 10.3. The summed E-state index contributed by atoms with van der Waals surface area (Å²) in [5.74, 6) is -0.399. The Morgan fingerprint density at radius 1 is 1.38 bits per heavy atom. The van der Waals surface area contributed by atoms with Crippen LogP contribution in [0.3, 0.4) is 0 Å². The number of hydrogen-bond donors (Lipinski definition) is 3. The van der Waals surface area contributed by atoms with Crippen molar-refractivity contribution in [3.05, 3.63) is 24.3 Å². The lowest BCUT2D eigenvalue weighted by Crippen LogP contribution is -2.34. The minimum Gasteiger partial charge on any atom is -0.406 e. The fourth-order valence-electron chi connectivity index (χ4n) is 0.905. The number of anilines is 1. The van der Waals surface area contributed by atoms with Gasteiger partial charge >= 0.3 is 12.4 Å². The van der Waals surface area contributed by atoms with E-state index in [2.05, 4.69) is 10.2 Å². The number of carbonyl (C=O) groups excluding carboxylic acids is 1. The number of primary amides is 1. The summed E-state index contributed by atoms with van der Waals surface area (Å²) in [6, 6.07) is 4.08. The smallest absolute Gasteiger partial charge is 0.406 e. The van der Waals surface area contributed by atoms with Gasteiger partial charge in [-0.2, -0.15) is 0 Å². The van der Waals surface area contributed by atoms with E-state index in [4.69, 9.17) is 5.73 Å². The molecule has 0 atom stereocenters. The SMILES string of the molecule is NC(=O)NNc1cccc(OC(F)(F)F)c1. The summed E-state index contributed by atoms with van der Waals surface area (Å²) in [6.45, 7) is 0. The number of hydrogen-bond acceptors (Lipinski definition) is 3. The molecule has 0 aromatic heterocycles. The Labute approximate surface area is 88.3 Å². The molecule has 2 amide bonds. The number of hydrazine groups is 1. The molecule has 88 valence electrons. The normalized spacial score (nSPS) is 10.7. The highest BCUT2D eigenvalue weighted by molar-refractivity contribution is 5.73. The molecule has 16 heavy (non-hydrogen) atoms. The lowest BCUT2D eigenvalue weighted by Gasteiger charge is -2.10. The van der Waals surface area contributed by atoms with Crippen molar-refractivity contribution in [1.82, 2.24) is 5.43 Å². The third kappa shape index (κ3) is 4.40. The molecule has 1 aromatic carbocycles. The quantitative estimate of drug-likeness (QED) is 0.696. The minimum absolute atomic E-state index is 0.209. The van der Waals surface area contributed by atoms with Crippen LogP contribution in [-0.4, -0.2) is 12.4 Å². The van der Waals surface area contributed by atoms with Gasteiger partial charge in [-0.05, 0) is 12.1 Å². The van der Waals surface area contributed by atoms with Gasteiger partial charge in [0.05, 0.1) is 5.69 Å². The maximum atomic E-state index is 11.9. The molecule has 4 N–H and O–H groups in total. The van der Waals surface area contributed by atoms with E-state index in [0.717, 1.165) is 12.1 Å². The van der Waals surface area contributed by atoms with Crippen LogP contribution in [0, 0.1) is 0 Å². The first kappa shape index (κ1) is 12.0. The standard InChI is InChI=1S/C8H8F3N3O2/c9-8(10,11)16-6-3-1-2-5(4-6)13-14-7(12)15/h1-4,13H,(H3,12,14,15). The molecule has 0 aliphatic carbocycles. The van der Waals surface area contributed by atoms with Gasteiger partial charge in [-0.25, -0.2) is 4.79 Å². The number of ether oxygens (including phenoxy) is 1. The second-order valence-corrected chi connectivity index (χ2v) is 2.69.